The van der Waals surface area contributed by atoms with Crippen LogP contribution in [0.5, 0.6) is 0 Å². The average Bonchev–Trinajstić information content (AvgIpc) is 2.22. The van der Waals surface area contributed by atoms with Gasteiger partial charge < -0.3 is 9.64 Å². The fourth-order valence-electron chi connectivity index (χ4n) is 0.763. The Morgan fingerprint density at radius 3 is 2.40 bits per heavy atom. The first kappa shape index (κ1) is 13.6. The summed E-state index contributed by atoms with van der Waals surface area (Å²) in [7, 11) is 3.53. The number of rotatable bonds is 4. The molecule has 0 N–H and O–H groups in total. The summed E-state index contributed by atoms with van der Waals surface area (Å²) in [6.45, 7) is 5.38. The zero-order chi connectivity index (χ0) is 11.8. The first-order chi connectivity index (χ1) is 7.06. The molecule has 3 nitrogen and oxygen atoms in total. The van der Waals surface area contributed by atoms with Crippen molar-refractivity contribution < 1.29 is 9.53 Å². The van der Waals surface area contributed by atoms with E-state index in [0.717, 1.165) is 0 Å². The first-order valence-corrected chi connectivity index (χ1v) is 4.81. The smallest absolute Gasteiger partial charge is 0.264 e. The van der Waals surface area contributed by atoms with Crippen molar-refractivity contribution in [2.75, 3.05) is 14.1 Å². The van der Waals surface area contributed by atoms with Gasteiger partial charge >= 0.3 is 0 Å². The van der Waals surface area contributed by atoms with Crippen LogP contribution in [0.25, 0.3) is 0 Å². The minimum absolute atomic E-state index is 0.286. The van der Waals surface area contributed by atoms with E-state index in [-0.39, 0.29) is 5.17 Å². The lowest BCUT2D eigenvalue weighted by molar-refractivity contribution is -0.104. The molecule has 0 rings (SSSR count). The van der Waals surface area contributed by atoms with Gasteiger partial charge in [-0.05, 0) is 25.2 Å². The van der Waals surface area contributed by atoms with Gasteiger partial charge in [-0.25, -0.2) is 0 Å². The van der Waals surface area contributed by atoms with Crippen molar-refractivity contribution in [1.82, 2.24) is 4.90 Å². The Kier molecular flexibility index (Phi) is 6.29. The Labute approximate surface area is 95.7 Å². The number of hydrogen-bond acceptors (Lipinski definition) is 3. The van der Waals surface area contributed by atoms with Gasteiger partial charge in [0.1, 0.15) is 5.76 Å². The quantitative estimate of drug-likeness (QED) is 0.241. The van der Waals surface area contributed by atoms with Crippen molar-refractivity contribution in [3.8, 4) is 0 Å². The van der Waals surface area contributed by atoms with Gasteiger partial charge in [0, 0.05) is 14.1 Å². The number of thiocarbonyl (C=S) groups is 1. The number of carbonyl (C=O) groups excluding carboxylic acids is 1. The monoisotopic (exact) mass is 225 g/mol. The third-order valence-corrected chi connectivity index (χ3v) is 1.95. The minimum Gasteiger partial charge on any atom is -0.431 e. The molecule has 0 aromatic carbocycles. The van der Waals surface area contributed by atoms with Crippen molar-refractivity contribution in [1.29, 1.82) is 0 Å². The number of carbonyl (C=O) groups is 1. The topological polar surface area (TPSA) is 29.5 Å². The zero-order valence-electron chi connectivity index (χ0n) is 9.19. The molecule has 0 saturated heterocycles. The third-order valence-electron chi connectivity index (χ3n) is 1.51. The highest BCUT2D eigenvalue weighted by Gasteiger charge is 2.06. The molecule has 15 heavy (non-hydrogen) atoms. The second-order valence-corrected chi connectivity index (χ2v) is 3.25. The predicted molar refractivity (Wildman–Crippen MR) is 65.5 cm³/mol. The molecule has 0 heterocycles. The second-order valence-electron chi connectivity index (χ2n) is 2.90. The van der Waals surface area contributed by atoms with Crippen LogP contribution in [0.15, 0.2) is 36.1 Å². The molecular formula is C11H15NO2S. The molecule has 0 radical (unpaired) electrons. The van der Waals surface area contributed by atoms with Gasteiger partial charge in [0.05, 0.1) is 5.57 Å². The molecular weight excluding hydrogens is 210 g/mol. The van der Waals surface area contributed by atoms with E-state index < -0.39 is 0 Å². The molecule has 4 heteroatoms. The van der Waals surface area contributed by atoms with E-state index in [4.69, 9.17) is 17.0 Å². The Morgan fingerprint density at radius 1 is 1.47 bits per heavy atom. The van der Waals surface area contributed by atoms with Gasteiger partial charge in [-0.3, -0.25) is 4.79 Å². The van der Waals surface area contributed by atoms with Crippen LogP contribution >= 0.6 is 12.2 Å². The molecule has 0 aromatic rings. The Bertz CT molecular complexity index is 317. The lowest BCUT2D eigenvalue weighted by atomic mass is 10.2. The van der Waals surface area contributed by atoms with Crippen molar-refractivity contribution in [2.24, 2.45) is 0 Å². The maximum absolute atomic E-state index is 10.8. The lowest BCUT2D eigenvalue weighted by Crippen LogP contribution is -2.22. The van der Waals surface area contributed by atoms with Crippen molar-refractivity contribution in [3.05, 3.63) is 36.1 Å². The normalized spacial score (nSPS) is 11.9. The minimum atomic E-state index is 0.286. The van der Waals surface area contributed by atoms with Crippen LogP contribution in [-0.4, -0.2) is 30.5 Å². The second kappa shape index (κ2) is 6.95. The number of nitrogens with zero attached hydrogens (tertiary/aromatic N) is 1. The highest BCUT2D eigenvalue weighted by Crippen LogP contribution is 2.09. The van der Waals surface area contributed by atoms with Crippen molar-refractivity contribution >= 4 is 23.7 Å². The molecule has 0 aliphatic carbocycles. The van der Waals surface area contributed by atoms with Gasteiger partial charge in [-0.1, -0.05) is 18.7 Å². The number of hydrogen-bond donors (Lipinski definition) is 0. The van der Waals surface area contributed by atoms with E-state index in [0.29, 0.717) is 17.6 Å². The van der Waals surface area contributed by atoms with E-state index in [1.807, 2.05) is 6.92 Å². The molecule has 0 amide bonds. The zero-order valence-corrected chi connectivity index (χ0v) is 10.0. The average molecular weight is 225 g/mol. The van der Waals surface area contributed by atoms with Crippen LogP contribution in [0.2, 0.25) is 0 Å². The molecule has 82 valence electrons. The van der Waals surface area contributed by atoms with Crippen LogP contribution in [0, 0.1) is 0 Å². The van der Waals surface area contributed by atoms with Gasteiger partial charge in [0.15, 0.2) is 6.29 Å². The van der Waals surface area contributed by atoms with Gasteiger partial charge in [-0.2, -0.15) is 0 Å². The van der Waals surface area contributed by atoms with Crippen LogP contribution in [0.3, 0.4) is 0 Å². The largest absolute Gasteiger partial charge is 0.431 e. The molecule has 0 aromatic heterocycles. The summed E-state index contributed by atoms with van der Waals surface area (Å²) < 4.78 is 5.30. The van der Waals surface area contributed by atoms with Crippen LogP contribution in [0.4, 0.5) is 0 Å². The van der Waals surface area contributed by atoms with Gasteiger partial charge in [-0.15, -0.1) is 0 Å². The molecule has 0 unspecified atom stereocenters. The first-order valence-electron chi connectivity index (χ1n) is 4.40. The molecule has 0 saturated carbocycles. The molecule has 0 bridgehead atoms. The molecule has 0 aliphatic rings. The summed E-state index contributed by atoms with van der Waals surface area (Å²) in [6.07, 6.45) is 5.55. The molecule has 0 aliphatic heterocycles. The van der Waals surface area contributed by atoms with Crippen LogP contribution in [-0.2, 0) is 9.53 Å². The summed E-state index contributed by atoms with van der Waals surface area (Å²) >= 11 is 4.95. The highest BCUT2D eigenvalue weighted by atomic mass is 32.1. The molecule has 0 atom stereocenters. The fourth-order valence-corrected chi connectivity index (χ4v) is 0.853. The molecule has 0 spiro atoms. The molecule has 0 fully saturated rings. The Hall–Kier alpha value is -1.42. The summed E-state index contributed by atoms with van der Waals surface area (Å²) in [5, 5.41) is 0.286. The maximum Gasteiger partial charge on any atom is 0.264 e. The van der Waals surface area contributed by atoms with Crippen molar-refractivity contribution in [2.45, 2.75) is 6.92 Å². The number of aldehydes is 1. The van der Waals surface area contributed by atoms with Crippen LogP contribution in [0.1, 0.15) is 6.92 Å². The SMILES string of the molecule is C=C/C(OC(=S)N(C)C)=C(C=O)\C=C/C. The highest BCUT2D eigenvalue weighted by molar-refractivity contribution is 7.80. The van der Waals surface area contributed by atoms with E-state index >= 15 is 0 Å². The maximum atomic E-state index is 10.8. The standard InChI is InChI=1S/C11H15NO2S/c1-5-7-9(8-13)10(6-2)14-11(15)12(3)4/h5-8H,2H2,1,3-4H3/b7-5-,10-9-. The summed E-state index contributed by atoms with van der Waals surface area (Å²) in [5.41, 5.74) is 0.414. The third kappa shape index (κ3) is 4.56. The number of allylic oxidation sites excluding steroid dienone is 4. The summed E-state index contributed by atoms with van der Waals surface area (Å²) in [6, 6.07) is 0. The van der Waals surface area contributed by atoms with Crippen molar-refractivity contribution in [3.63, 3.8) is 0 Å². The van der Waals surface area contributed by atoms with Gasteiger partial charge in [0.25, 0.3) is 5.17 Å². The fraction of sp³-hybridized carbons (Fsp3) is 0.273. The predicted octanol–water partition coefficient (Wildman–Crippen LogP) is 2.06. The lowest BCUT2D eigenvalue weighted by Gasteiger charge is -2.15. The van der Waals surface area contributed by atoms with E-state index in [1.165, 1.54) is 6.08 Å². The van der Waals surface area contributed by atoms with E-state index in [2.05, 4.69) is 6.58 Å². The summed E-state index contributed by atoms with van der Waals surface area (Å²) in [4.78, 5) is 12.4. The van der Waals surface area contributed by atoms with Crippen LogP contribution < -0.4 is 0 Å². The van der Waals surface area contributed by atoms with E-state index in [1.54, 1.807) is 31.1 Å². The van der Waals surface area contributed by atoms with Gasteiger partial charge in [0.2, 0.25) is 0 Å². The number of ether oxygens (including phenoxy) is 1. The summed E-state index contributed by atoms with van der Waals surface area (Å²) in [5.74, 6) is 0.363. The Balaban J connectivity index is 4.95. The van der Waals surface area contributed by atoms with E-state index in [9.17, 15) is 4.79 Å². The Morgan fingerprint density at radius 2 is 2.07 bits per heavy atom.